The average molecular weight is 302 g/mol. The van der Waals surface area contributed by atoms with Crippen LogP contribution in [-0.2, 0) is 4.74 Å². The lowest BCUT2D eigenvalue weighted by Gasteiger charge is -2.39. The molecule has 0 unspecified atom stereocenters. The number of ether oxygens (including phenoxy) is 1. The van der Waals surface area contributed by atoms with Gasteiger partial charge in [-0.25, -0.2) is 0 Å². The van der Waals surface area contributed by atoms with Crippen LogP contribution < -0.4 is 4.90 Å². The minimum atomic E-state index is -4.47. The summed E-state index contributed by atoms with van der Waals surface area (Å²) in [6.07, 6.45) is 0.592. The van der Waals surface area contributed by atoms with Crippen molar-refractivity contribution in [2.24, 2.45) is 0 Å². The summed E-state index contributed by atoms with van der Waals surface area (Å²) in [5.41, 5.74) is -0.0321. The molecule has 0 saturated heterocycles. The van der Waals surface area contributed by atoms with Gasteiger partial charge in [-0.3, -0.25) is 0 Å². The highest BCUT2D eigenvalue weighted by atomic mass is 35.5. The first-order valence-corrected chi connectivity index (χ1v) is 6.48. The number of hydrogen-bond donors (Lipinski definition) is 0. The summed E-state index contributed by atoms with van der Waals surface area (Å²) < 4.78 is 44.1. The molecule has 0 bridgehead atoms. The van der Waals surface area contributed by atoms with Crippen molar-refractivity contribution in [3.8, 4) is 12.3 Å². The second kappa shape index (κ2) is 4.31. The predicted molar refractivity (Wildman–Crippen MR) is 69.5 cm³/mol. The van der Waals surface area contributed by atoms with Crippen molar-refractivity contribution in [3.63, 3.8) is 0 Å². The van der Waals surface area contributed by atoms with E-state index >= 15 is 0 Å². The third-order valence-electron chi connectivity index (χ3n) is 3.74. The Morgan fingerprint density at radius 2 is 2.10 bits per heavy atom. The van der Waals surface area contributed by atoms with Crippen molar-refractivity contribution < 1.29 is 17.9 Å². The van der Waals surface area contributed by atoms with Crippen LogP contribution >= 0.6 is 11.6 Å². The Labute approximate surface area is 119 Å². The van der Waals surface area contributed by atoms with Gasteiger partial charge in [0.05, 0.1) is 0 Å². The molecule has 2 aliphatic rings. The monoisotopic (exact) mass is 301 g/mol. The summed E-state index contributed by atoms with van der Waals surface area (Å²) in [5, 5.41) is 0.244. The number of hydrogen-bond acceptors (Lipinski definition) is 2. The zero-order chi connectivity index (χ0) is 14.5. The molecule has 6 heteroatoms. The van der Waals surface area contributed by atoms with E-state index in [2.05, 4.69) is 5.92 Å². The van der Waals surface area contributed by atoms with Gasteiger partial charge in [-0.05, 0) is 31.0 Å². The maximum Gasteiger partial charge on any atom is 0.419 e. The van der Waals surface area contributed by atoms with E-state index in [1.54, 1.807) is 17.0 Å². The molecule has 106 valence electrons. The highest BCUT2D eigenvalue weighted by Crippen LogP contribution is 2.51. The Hall–Kier alpha value is -1.38. The summed E-state index contributed by atoms with van der Waals surface area (Å²) in [6, 6.07) is 4.45. The topological polar surface area (TPSA) is 12.5 Å². The third kappa shape index (κ3) is 2.04. The number of nitrogens with zero attached hydrogens (tertiary/aromatic N) is 1. The smallest absolute Gasteiger partial charge is 0.344 e. The number of anilines is 1. The van der Waals surface area contributed by atoms with E-state index < -0.39 is 17.8 Å². The molecule has 0 spiro atoms. The van der Waals surface area contributed by atoms with Crippen LogP contribution in [0.5, 0.6) is 0 Å². The van der Waals surface area contributed by atoms with Gasteiger partial charge in [0, 0.05) is 16.3 Å². The van der Waals surface area contributed by atoms with E-state index in [4.69, 9.17) is 22.8 Å². The summed E-state index contributed by atoms with van der Waals surface area (Å²) >= 11 is 5.82. The van der Waals surface area contributed by atoms with E-state index in [1.165, 1.54) is 6.07 Å². The predicted octanol–water partition coefficient (Wildman–Crippen LogP) is 3.90. The molecule has 0 aromatic heterocycles. The van der Waals surface area contributed by atoms with Crippen molar-refractivity contribution in [2.45, 2.75) is 30.7 Å². The molecule has 20 heavy (non-hydrogen) atoms. The van der Waals surface area contributed by atoms with E-state index in [9.17, 15) is 13.2 Å². The molecule has 0 amide bonds. The van der Waals surface area contributed by atoms with Crippen LogP contribution in [-0.4, -0.2) is 18.4 Å². The van der Waals surface area contributed by atoms with E-state index in [0.717, 1.165) is 12.8 Å². The fourth-order valence-electron chi connectivity index (χ4n) is 2.53. The average Bonchev–Trinajstić information content (AvgIpc) is 3.16. The van der Waals surface area contributed by atoms with Gasteiger partial charge >= 0.3 is 6.18 Å². The fourth-order valence-corrected chi connectivity index (χ4v) is 2.71. The molecule has 1 aliphatic carbocycles. The molecule has 1 atom stereocenters. The fraction of sp³-hybridized carbons (Fsp3) is 0.429. The number of halogens is 4. The van der Waals surface area contributed by atoms with Crippen molar-refractivity contribution in [1.29, 1.82) is 0 Å². The number of benzene rings is 1. The molecule has 0 radical (unpaired) electrons. The summed E-state index contributed by atoms with van der Waals surface area (Å²) in [7, 11) is 0. The minimum absolute atomic E-state index is 0.0257. The summed E-state index contributed by atoms with van der Waals surface area (Å²) in [5.74, 6) is 2.66. The zero-order valence-electron chi connectivity index (χ0n) is 10.4. The van der Waals surface area contributed by atoms with Crippen molar-refractivity contribution >= 4 is 17.3 Å². The summed E-state index contributed by atoms with van der Waals surface area (Å²) in [6.45, 7) is -0.164. The third-order valence-corrected chi connectivity index (χ3v) is 3.97. The van der Waals surface area contributed by atoms with Crippen molar-refractivity contribution in [3.05, 3.63) is 28.8 Å². The zero-order valence-corrected chi connectivity index (χ0v) is 11.1. The molecular formula is C14H11ClF3NO. The van der Waals surface area contributed by atoms with E-state index in [-0.39, 0.29) is 17.3 Å². The molecule has 1 aromatic carbocycles. The Bertz CT molecular complexity index is 589. The van der Waals surface area contributed by atoms with Crippen LogP contribution in [0.25, 0.3) is 0 Å². The van der Waals surface area contributed by atoms with Gasteiger partial charge in [-0.1, -0.05) is 17.5 Å². The number of alkyl halides is 3. The van der Waals surface area contributed by atoms with E-state index in [0.29, 0.717) is 5.69 Å². The Morgan fingerprint density at radius 3 is 2.65 bits per heavy atom. The van der Waals surface area contributed by atoms with Gasteiger partial charge in [0.2, 0.25) is 0 Å². The molecule has 1 saturated carbocycles. The molecule has 3 rings (SSSR count). The Balaban J connectivity index is 2.08. The van der Waals surface area contributed by atoms with Crippen LogP contribution in [0.3, 0.4) is 0 Å². The lowest BCUT2D eigenvalue weighted by atomic mass is 10.0. The lowest BCUT2D eigenvalue weighted by Crippen LogP contribution is -2.44. The van der Waals surface area contributed by atoms with Crippen LogP contribution in [0.2, 0.25) is 5.02 Å². The van der Waals surface area contributed by atoms with Crippen molar-refractivity contribution in [2.75, 3.05) is 11.6 Å². The molecule has 0 N–H and O–H groups in total. The maximum atomic E-state index is 13.0. The van der Waals surface area contributed by atoms with Crippen molar-refractivity contribution in [1.82, 2.24) is 0 Å². The van der Waals surface area contributed by atoms with Gasteiger partial charge in [0.1, 0.15) is 12.3 Å². The SMILES string of the molecule is C#CC1(N2CO[C@H](C(F)(F)F)c3cc(Cl)ccc32)CC1. The Morgan fingerprint density at radius 1 is 1.40 bits per heavy atom. The molecule has 1 heterocycles. The Kier molecular flexibility index (Phi) is 2.93. The molecule has 1 aliphatic heterocycles. The highest BCUT2D eigenvalue weighted by Gasteiger charge is 2.53. The number of fused-ring (bicyclic) bond motifs is 1. The van der Waals surface area contributed by atoms with Crippen LogP contribution in [0, 0.1) is 12.3 Å². The highest BCUT2D eigenvalue weighted by molar-refractivity contribution is 6.30. The van der Waals surface area contributed by atoms with Crippen LogP contribution in [0.4, 0.5) is 18.9 Å². The molecule has 1 fully saturated rings. The minimum Gasteiger partial charge on any atom is -0.344 e. The summed E-state index contributed by atoms with van der Waals surface area (Å²) in [4.78, 5) is 1.72. The van der Waals surface area contributed by atoms with Gasteiger partial charge in [-0.15, -0.1) is 6.42 Å². The van der Waals surface area contributed by atoms with Gasteiger partial charge in [0.25, 0.3) is 0 Å². The first-order chi connectivity index (χ1) is 9.37. The van der Waals surface area contributed by atoms with E-state index in [1.807, 2.05) is 0 Å². The van der Waals surface area contributed by atoms with Gasteiger partial charge < -0.3 is 9.64 Å². The first-order valence-electron chi connectivity index (χ1n) is 6.10. The van der Waals surface area contributed by atoms with Crippen LogP contribution in [0.15, 0.2) is 18.2 Å². The number of terminal acetylenes is 1. The van der Waals surface area contributed by atoms with Crippen LogP contribution in [0.1, 0.15) is 24.5 Å². The number of rotatable bonds is 1. The molecule has 2 nitrogen and oxygen atoms in total. The lowest BCUT2D eigenvalue weighted by molar-refractivity contribution is -0.226. The second-order valence-corrected chi connectivity index (χ2v) is 5.46. The van der Waals surface area contributed by atoms with Gasteiger partial charge in [-0.2, -0.15) is 13.2 Å². The largest absolute Gasteiger partial charge is 0.419 e. The normalized spacial score (nSPS) is 23.9. The molecule has 1 aromatic rings. The molecular weight excluding hydrogens is 291 g/mol. The maximum absolute atomic E-state index is 13.0. The quantitative estimate of drug-likeness (QED) is 0.729. The van der Waals surface area contributed by atoms with Gasteiger partial charge in [0.15, 0.2) is 6.10 Å². The first kappa shape index (κ1) is 13.6. The standard InChI is InChI=1S/C14H11ClF3NO/c1-2-13(5-6-13)19-8-20-12(14(16,17)18)10-7-9(15)3-4-11(10)19/h1,3-4,7,12H,5-6,8H2/t12-/m0/s1. The second-order valence-electron chi connectivity index (χ2n) is 5.02.